The quantitative estimate of drug-likeness (QED) is 0.230. The molecule has 0 bridgehead atoms. The topological polar surface area (TPSA) is 35.5 Å². The molecule has 1 aliphatic rings. The van der Waals surface area contributed by atoms with Crippen molar-refractivity contribution in [2.75, 3.05) is 0 Å². The van der Waals surface area contributed by atoms with E-state index in [1.54, 1.807) is 0 Å². The molecule has 2 atom stereocenters. The van der Waals surface area contributed by atoms with Crippen molar-refractivity contribution in [1.82, 2.24) is 10.2 Å². The number of nitrogens with one attached hydrogen (secondary N) is 1. The zero-order valence-electron chi connectivity index (χ0n) is 17.5. The van der Waals surface area contributed by atoms with Crippen molar-refractivity contribution in [3.05, 3.63) is 24.6 Å². The Labute approximate surface area is 162 Å². The summed E-state index contributed by atoms with van der Waals surface area (Å²) in [6.45, 7) is 4.10. The van der Waals surface area contributed by atoms with Crippen LogP contribution in [0.2, 0.25) is 0 Å². The highest BCUT2D eigenvalue weighted by molar-refractivity contribution is 4.94. The van der Waals surface area contributed by atoms with Gasteiger partial charge in [0.15, 0.2) is 0 Å². The molecule has 2 N–H and O–H groups in total. The van der Waals surface area contributed by atoms with Gasteiger partial charge in [0, 0.05) is 12.4 Å². The van der Waals surface area contributed by atoms with Crippen LogP contribution in [-0.4, -0.2) is 22.4 Å². The van der Waals surface area contributed by atoms with E-state index in [0.717, 1.165) is 6.42 Å². The van der Waals surface area contributed by atoms with Crippen LogP contribution in [0.15, 0.2) is 24.6 Å². The van der Waals surface area contributed by atoms with E-state index >= 15 is 0 Å². The Bertz CT molecular complexity index is 365. The van der Waals surface area contributed by atoms with E-state index < -0.39 is 6.23 Å². The summed E-state index contributed by atoms with van der Waals surface area (Å²) < 4.78 is 0. The molecule has 0 amide bonds. The Morgan fingerprint density at radius 1 is 0.885 bits per heavy atom. The molecule has 1 heterocycles. The van der Waals surface area contributed by atoms with Crippen LogP contribution < -0.4 is 5.32 Å². The summed E-state index contributed by atoms with van der Waals surface area (Å²) in [5.41, 5.74) is 0. The molecule has 1 aliphatic heterocycles. The van der Waals surface area contributed by atoms with Crippen molar-refractivity contribution in [3.63, 3.8) is 0 Å². The standard InChI is InChI=1S/C23H44N2O/c1-3-4-5-6-7-8-9-10-11-12-13-14-15-16-17-18-19-23-24-20-21-25(23)22(2)26/h10-11,20-24,26H,3-9,12-19H2,1-2H3/b11-10+. The normalized spacial score (nSPS) is 18.0. The third kappa shape index (κ3) is 11.6. The van der Waals surface area contributed by atoms with Gasteiger partial charge in [-0.1, -0.05) is 76.9 Å². The van der Waals surface area contributed by atoms with Gasteiger partial charge in [-0.05, 0) is 45.4 Å². The van der Waals surface area contributed by atoms with Crippen LogP contribution in [0.3, 0.4) is 0 Å². The van der Waals surface area contributed by atoms with Crippen molar-refractivity contribution in [1.29, 1.82) is 0 Å². The molecule has 0 fully saturated rings. The third-order valence-corrected chi connectivity index (χ3v) is 5.32. The highest BCUT2D eigenvalue weighted by Gasteiger charge is 2.20. The summed E-state index contributed by atoms with van der Waals surface area (Å²) in [5, 5.41) is 13.0. The Hall–Kier alpha value is -0.960. The average Bonchev–Trinajstić information content (AvgIpc) is 3.10. The van der Waals surface area contributed by atoms with Gasteiger partial charge in [-0.3, -0.25) is 0 Å². The second-order valence-corrected chi connectivity index (χ2v) is 7.80. The lowest BCUT2D eigenvalue weighted by atomic mass is 10.1. The molecular weight excluding hydrogens is 320 g/mol. The van der Waals surface area contributed by atoms with Gasteiger partial charge in [0.1, 0.15) is 12.4 Å². The fraction of sp³-hybridized carbons (Fsp3) is 0.826. The first kappa shape index (κ1) is 23.1. The Morgan fingerprint density at radius 2 is 1.42 bits per heavy atom. The SMILES string of the molecule is CCCCCCCC/C=C/CCCCCCCCC1NC=CN1C(C)O. The summed E-state index contributed by atoms with van der Waals surface area (Å²) in [4.78, 5) is 2.00. The number of aliphatic hydroxyl groups excluding tert-OH is 1. The van der Waals surface area contributed by atoms with Gasteiger partial charge in [0.2, 0.25) is 0 Å². The lowest BCUT2D eigenvalue weighted by Crippen LogP contribution is -2.40. The van der Waals surface area contributed by atoms with Gasteiger partial charge in [0.05, 0.1) is 0 Å². The lowest BCUT2D eigenvalue weighted by molar-refractivity contribution is 0.0254. The fourth-order valence-corrected chi connectivity index (χ4v) is 3.63. The Kier molecular flexibility index (Phi) is 14.4. The number of unbranched alkanes of at least 4 members (excludes halogenated alkanes) is 12. The molecule has 0 aromatic carbocycles. The van der Waals surface area contributed by atoms with Gasteiger partial charge in [-0.2, -0.15) is 0 Å². The molecule has 0 saturated heterocycles. The van der Waals surface area contributed by atoms with Crippen LogP contribution in [0, 0.1) is 0 Å². The summed E-state index contributed by atoms with van der Waals surface area (Å²) in [5.74, 6) is 0. The molecule has 26 heavy (non-hydrogen) atoms. The monoisotopic (exact) mass is 364 g/mol. The van der Waals surface area contributed by atoms with Crippen LogP contribution in [0.25, 0.3) is 0 Å². The van der Waals surface area contributed by atoms with E-state index in [1.165, 1.54) is 89.9 Å². The fourth-order valence-electron chi connectivity index (χ4n) is 3.63. The highest BCUT2D eigenvalue weighted by atomic mass is 16.3. The zero-order valence-corrected chi connectivity index (χ0v) is 17.5. The third-order valence-electron chi connectivity index (χ3n) is 5.32. The predicted molar refractivity (Wildman–Crippen MR) is 114 cm³/mol. The maximum absolute atomic E-state index is 9.69. The van der Waals surface area contributed by atoms with Crippen LogP contribution in [0.1, 0.15) is 110 Å². The molecule has 0 saturated carbocycles. The summed E-state index contributed by atoms with van der Waals surface area (Å²) in [7, 11) is 0. The largest absolute Gasteiger partial charge is 0.374 e. The van der Waals surface area contributed by atoms with E-state index in [-0.39, 0.29) is 6.17 Å². The van der Waals surface area contributed by atoms with Gasteiger partial charge >= 0.3 is 0 Å². The minimum Gasteiger partial charge on any atom is -0.374 e. The van der Waals surface area contributed by atoms with E-state index in [4.69, 9.17) is 0 Å². The number of hydrogen-bond donors (Lipinski definition) is 2. The van der Waals surface area contributed by atoms with Crippen LogP contribution in [0.5, 0.6) is 0 Å². The van der Waals surface area contributed by atoms with Gasteiger partial charge < -0.3 is 15.3 Å². The van der Waals surface area contributed by atoms with Crippen molar-refractivity contribution in [2.45, 2.75) is 123 Å². The van der Waals surface area contributed by atoms with Crippen molar-refractivity contribution < 1.29 is 5.11 Å². The molecule has 2 unspecified atom stereocenters. The number of allylic oxidation sites excluding steroid dienone is 2. The Balaban J connectivity index is 1.80. The number of rotatable bonds is 17. The first-order valence-electron chi connectivity index (χ1n) is 11.3. The van der Waals surface area contributed by atoms with Crippen LogP contribution in [-0.2, 0) is 0 Å². The van der Waals surface area contributed by atoms with E-state index in [2.05, 4.69) is 24.4 Å². The second kappa shape index (κ2) is 16.2. The lowest BCUT2D eigenvalue weighted by Gasteiger charge is -2.28. The van der Waals surface area contributed by atoms with Gasteiger partial charge in [-0.15, -0.1) is 0 Å². The molecule has 1 rings (SSSR count). The molecule has 3 heteroatoms. The minimum absolute atomic E-state index is 0.284. The summed E-state index contributed by atoms with van der Waals surface area (Å²) in [6, 6.07) is 0. The molecular formula is C23H44N2O. The second-order valence-electron chi connectivity index (χ2n) is 7.80. The van der Waals surface area contributed by atoms with Crippen LogP contribution in [0.4, 0.5) is 0 Å². The molecule has 152 valence electrons. The maximum Gasteiger partial charge on any atom is 0.125 e. The van der Waals surface area contributed by atoms with Gasteiger partial charge in [-0.25, -0.2) is 0 Å². The number of nitrogens with zero attached hydrogens (tertiary/aromatic N) is 1. The molecule has 3 nitrogen and oxygen atoms in total. The first-order chi connectivity index (χ1) is 12.8. The van der Waals surface area contributed by atoms with Crippen molar-refractivity contribution >= 4 is 0 Å². The first-order valence-corrected chi connectivity index (χ1v) is 11.3. The van der Waals surface area contributed by atoms with E-state index in [0.29, 0.717) is 0 Å². The highest BCUT2D eigenvalue weighted by Crippen LogP contribution is 2.16. The van der Waals surface area contributed by atoms with Crippen molar-refractivity contribution in [2.24, 2.45) is 0 Å². The van der Waals surface area contributed by atoms with Gasteiger partial charge in [0.25, 0.3) is 0 Å². The number of hydrogen-bond acceptors (Lipinski definition) is 3. The minimum atomic E-state index is -0.402. The average molecular weight is 365 g/mol. The summed E-state index contributed by atoms with van der Waals surface area (Å²) in [6.07, 6.45) is 28.6. The van der Waals surface area contributed by atoms with E-state index in [1.807, 2.05) is 24.2 Å². The maximum atomic E-state index is 9.69. The molecule has 0 aromatic rings. The summed E-state index contributed by atoms with van der Waals surface area (Å²) >= 11 is 0. The zero-order chi connectivity index (χ0) is 18.9. The number of aliphatic hydroxyl groups is 1. The van der Waals surface area contributed by atoms with Crippen LogP contribution >= 0.6 is 0 Å². The smallest absolute Gasteiger partial charge is 0.125 e. The van der Waals surface area contributed by atoms with E-state index in [9.17, 15) is 5.11 Å². The molecule has 0 aliphatic carbocycles. The Morgan fingerprint density at radius 3 is 2.00 bits per heavy atom. The predicted octanol–water partition coefficient (Wildman–Crippen LogP) is 6.45. The van der Waals surface area contributed by atoms with Crippen molar-refractivity contribution in [3.8, 4) is 0 Å². The molecule has 0 spiro atoms. The molecule has 0 aromatic heterocycles. The molecule has 0 radical (unpaired) electrons.